The van der Waals surface area contributed by atoms with Crippen molar-refractivity contribution in [2.24, 2.45) is 5.73 Å². The minimum absolute atomic E-state index is 0.353. The summed E-state index contributed by atoms with van der Waals surface area (Å²) in [5.41, 5.74) is 4.93. The SMILES string of the molecule is NC[C@H](NC(=O)C(=O)O)C(=O)O. The molecule has 68 valence electrons. The second kappa shape index (κ2) is 4.29. The van der Waals surface area contributed by atoms with Gasteiger partial charge >= 0.3 is 17.8 Å². The van der Waals surface area contributed by atoms with Crippen molar-refractivity contribution in [2.45, 2.75) is 6.04 Å². The van der Waals surface area contributed by atoms with Crippen molar-refractivity contribution < 1.29 is 24.6 Å². The largest absolute Gasteiger partial charge is 0.480 e. The van der Waals surface area contributed by atoms with E-state index >= 15 is 0 Å². The van der Waals surface area contributed by atoms with Gasteiger partial charge in [0.2, 0.25) is 0 Å². The number of carboxylic acids is 2. The highest BCUT2D eigenvalue weighted by Gasteiger charge is 2.21. The Morgan fingerprint density at radius 1 is 1.33 bits per heavy atom. The van der Waals surface area contributed by atoms with Gasteiger partial charge in [-0.2, -0.15) is 0 Å². The molecule has 0 fully saturated rings. The van der Waals surface area contributed by atoms with Crippen molar-refractivity contribution in [3.63, 3.8) is 0 Å². The first-order valence-corrected chi connectivity index (χ1v) is 2.95. The Morgan fingerprint density at radius 2 is 1.83 bits per heavy atom. The van der Waals surface area contributed by atoms with Gasteiger partial charge in [0.25, 0.3) is 0 Å². The fraction of sp³-hybridized carbons (Fsp3) is 0.400. The average molecular weight is 176 g/mol. The zero-order valence-corrected chi connectivity index (χ0v) is 5.98. The molecule has 7 heteroatoms. The molecule has 0 radical (unpaired) electrons. The molecule has 0 bridgehead atoms. The van der Waals surface area contributed by atoms with E-state index in [1.807, 2.05) is 0 Å². The minimum Gasteiger partial charge on any atom is -0.480 e. The van der Waals surface area contributed by atoms with Crippen LogP contribution in [0.2, 0.25) is 0 Å². The molecular weight excluding hydrogens is 168 g/mol. The molecule has 1 atom stereocenters. The van der Waals surface area contributed by atoms with Crippen molar-refractivity contribution in [3.8, 4) is 0 Å². The second-order valence-electron chi connectivity index (χ2n) is 1.91. The second-order valence-corrected chi connectivity index (χ2v) is 1.91. The molecular formula is C5H8N2O5. The Hall–Kier alpha value is -1.63. The number of hydrogen-bond donors (Lipinski definition) is 4. The van der Waals surface area contributed by atoms with Crippen LogP contribution in [-0.2, 0) is 14.4 Å². The van der Waals surface area contributed by atoms with E-state index in [1.165, 1.54) is 0 Å². The van der Waals surface area contributed by atoms with E-state index in [9.17, 15) is 14.4 Å². The van der Waals surface area contributed by atoms with Gasteiger partial charge in [0, 0.05) is 6.54 Å². The summed E-state index contributed by atoms with van der Waals surface area (Å²) in [6.07, 6.45) is 0. The summed E-state index contributed by atoms with van der Waals surface area (Å²) in [7, 11) is 0. The van der Waals surface area contributed by atoms with Gasteiger partial charge in [0.05, 0.1) is 0 Å². The molecule has 0 aromatic carbocycles. The van der Waals surface area contributed by atoms with E-state index < -0.39 is 23.9 Å². The first-order chi connectivity index (χ1) is 5.49. The molecule has 0 aromatic rings. The third-order valence-electron chi connectivity index (χ3n) is 1.03. The van der Waals surface area contributed by atoms with Gasteiger partial charge in [0.15, 0.2) is 0 Å². The summed E-state index contributed by atoms with van der Waals surface area (Å²) in [6.45, 7) is -0.353. The van der Waals surface area contributed by atoms with Crippen LogP contribution in [0, 0.1) is 0 Å². The van der Waals surface area contributed by atoms with Crippen LogP contribution in [0.1, 0.15) is 0 Å². The van der Waals surface area contributed by atoms with Crippen molar-refractivity contribution in [1.29, 1.82) is 0 Å². The Balaban J connectivity index is 4.12. The highest BCUT2D eigenvalue weighted by Crippen LogP contribution is 1.80. The monoisotopic (exact) mass is 176 g/mol. The summed E-state index contributed by atoms with van der Waals surface area (Å²) >= 11 is 0. The predicted octanol–water partition coefficient (Wildman–Crippen LogP) is -2.40. The first-order valence-electron chi connectivity index (χ1n) is 2.95. The van der Waals surface area contributed by atoms with E-state index in [0.717, 1.165) is 0 Å². The molecule has 12 heavy (non-hydrogen) atoms. The van der Waals surface area contributed by atoms with Crippen LogP contribution in [0.3, 0.4) is 0 Å². The van der Waals surface area contributed by atoms with Crippen LogP contribution < -0.4 is 11.1 Å². The first kappa shape index (κ1) is 10.4. The highest BCUT2D eigenvalue weighted by molar-refractivity contribution is 6.31. The summed E-state index contributed by atoms with van der Waals surface area (Å²) in [5, 5.41) is 18.1. The molecule has 0 aliphatic carbocycles. The molecule has 0 aromatic heterocycles. The summed E-state index contributed by atoms with van der Waals surface area (Å²) in [5.74, 6) is -4.49. The molecule has 0 aliphatic heterocycles. The van der Waals surface area contributed by atoms with Gasteiger partial charge in [0.1, 0.15) is 6.04 Å². The van der Waals surface area contributed by atoms with E-state index in [-0.39, 0.29) is 6.54 Å². The summed E-state index contributed by atoms with van der Waals surface area (Å²) < 4.78 is 0. The molecule has 0 saturated carbocycles. The third-order valence-corrected chi connectivity index (χ3v) is 1.03. The van der Waals surface area contributed by atoms with Crippen LogP contribution in [0.5, 0.6) is 0 Å². The van der Waals surface area contributed by atoms with E-state index in [1.54, 1.807) is 5.32 Å². The van der Waals surface area contributed by atoms with E-state index in [0.29, 0.717) is 0 Å². The number of carboxylic acid groups (broad SMARTS) is 2. The number of nitrogens with one attached hydrogen (secondary N) is 1. The predicted molar refractivity (Wildman–Crippen MR) is 36.3 cm³/mol. The number of hydrogen-bond acceptors (Lipinski definition) is 4. The zero-order chi connectivity index (χ0) is 9.72. The van der Waals surface area contributed by atoms with Crippen LogP contribution in [0.25, 0.3) is 0 Å². The maximum Gasteiger partial charge on any atom is 0.394 e. The standard InChI is InChI=1S/C5H8N2O5/c6-1-2(4(9)10)7-3(8)5(11)12/h2H,1,6H2,(H,7,8)(H,9,10)(H,11,12)/t2-/m0/s1. The normalized spacial score (nSPS) is 11.8. The van der Waals surface area contributed by atoms with Crippen molar-refractivity contribution in [2.75, 3.05) is 6.54 Å². The van der Waals surface area contributed by atoms with Crippen LogP contribution >= 0.6 is 0 Å². The Bertz CT molecular complexity index is 214. The molecule has 0 unspecified atom stereocenters. The molecule has 5 N–H and O–H groups in total. The van der Waals surface area contributed by atoms with Crippen LogP contribution in [-0.4, -0.2) is 40.6 Å². The Labute approximate surface area is 67.2 Å². The lowest BCUT2D eigenvalue weighted by atomic mass is 10.3. The van der Waals surface area contributed by atoms with Crippen molar-refractivity contribution in [3.05, 3.63) is 0 Å². The lowest BCUT2D eigenvalue weighted by Gasteiger charge is -2.08. The van der Waals surface area contributed by atoms with Gasteiger partial charge in [-0.25, -0.2) is 9.59 Å². The molecule has 0 spiro atoms. The smallest absolute Gasteiger partial charge is 0.394 e. The van der Waals surface area contributed by atoms with Gasteiger partial charge in [-0.15, -0.1) is 0 Å². The van der Waals surface area contributed by atoms with Crippen LogP contribution in [0.4, 0.5) is 0 Å². The lowest BCUT2D eigenvalue weighted by molar-refractivity contribution is -0.152. The number of amides is 1. The highest BCUT2D eigenvalue weighted by atomic mass is 16.4. The van der Waals surface area contributed by atoms with Gasteiger partial charge in [-0.3, -0.25) is 4.79 Å². The third kappa shape index (κ3) is 2.97. The minimum atomic E-state index is -1.74. The Morgan fingerprint density at radius 3 is 2.08 bits per heavy atom. The van der Waals surface area contributed by atoms with E-state index in [4.69, 9.17) is 15.9 Å². The average Bonchev–Trinajstić information content (AvgIpc) is 1.98. The number of aliphatic carboxylic acids is 2. The molecule has 0 aliphatic rings. The van der Waals surface area contributed by atoms with Crippen LogP contribution in [0.15, 0.2) is 0 Å². The fourth-order valence-corrected chi connectivity index (χ4v) is 0.441. The quantitative estimate of drug-likeness (QED) is 0.354. The molecule has 7 nitrogen and oxygen atoms in total. The lowest BCUT2D eigenvalue weighted by Crippen LogP contribution is -2.48. The molecule has 0 saturated heterocycles. The van der Waals surface area contributed by atoms with Gasteiger partial charge in [-0.1, -0.05) is 0 Å². The molecule has 0 rings (SSSR count). The topological polar surface area (TPSA) is 130 Å². The molecule has 0 heterocycles. The summed E-state index contributed by atoms with van der Waals surface area (Å²) in [4.78, 5) is 30.5. The van der Waals surface area contributed by atoms with Crippen molar-refractivity contribution >= 4 is 17.8 Å². The maximum absolute atomic E-state index is 10.4. The number of carbonyl (C=O) groups is 3. The number of nitrogens with two attached hydrogens (primary N) is 1. The zero-order valence-electron chi connectivity index (χ0n) is 5.98. The Kier molecular flexibility index (Phi) is 3.71. The van der Waals surface area contributed by atoms with Gasteiger partial charge in [-0.05, 0) is 0 Å². The van der Waals surface area contributed by atoms with Gasteiger partial charge < -0.3 is 21.3 Å². The summed E-state index contributed by atoms with van der Waals surface area (Å²) in [6, 6.07) is -1.35. The van der Waals surface area contributed by atoms with E-state index in [2.05, 4.69) is 0 Å². The maximum atomic E-state index is 10.4. The molecule has 1 amide bonds. The number of rotatable bonds is 3. The van der Waals surface area contributed by atoms with Crippen molar-refractivity contribution in [1.82, 2.24) is 5.32 Å². The number of carbonyl (C=O) groups excluding carboxylic acids is 1. The fourth-order valence-electron chi connectivity index (χ4n) is 0.441.